The number of benzene rings is 1. The molecule has 1 saturated heterocycles. The summed E-state index contributed by atoms with van der Waals surface area (Å²) >= 11 is 0. The van der Waals surface area contributed by atoms with Gasteiger partial charge in [-0.15, -0.1) is 0 Å². The minimum Gasteiger partial charge on any atom is -0.354 e. The smallest absolute Gasteiger partial charge is 0.224 e. The molecule has 28 heavy (non-hydrogen) atoms. The van der Waals surface area contributed by atoms with Crippen LogP contribution in [0.1, 0.15) is 23.6 Å². The Bertz CT molecular complexity index is 988. The predicted molar refractivity (Wildman–Crippen MR) is 103 cm³/mol. The molecule has 2 aromatic heterocycles. The Labute approximate surface area is 162 Å². The Hall–Kier alpha value is -2.87. The molecule has 0 spiro atoms. The molecule has 1 unspecified atom stereocenters. The van der Waals surface area contributed by atoms with Gasteiger partial charge in [0.25, 0.3) is 0 Å². The minimum absolute atomic E-state index is 0.0198. The van der Waals surface area contributed by atoms with Crippen LogP contribution in [0.4, 0.5) is 4.39 Å². The molecular formula is C20H23FN6O. The molecule has 8 heteroatoms. The van der Waals surface area contributed by atoms with Crippen LogP contribution in [0.5, 0.6) is 0 Å². The van der Waals surface area contributed by atoms with Gasteiger partial charge in [-0.05, 0) is 31.6 Å². The maximum atomic E-state index is 13.7. The van der Waals surface area contributed by atoms with E-state index in [4.69, 9.17) is 5.10 Å². The topological polar surface area (TPSA) is 75.9 Å². The van der Waals surface area contributed by atoms with Gasteiger partial charge in [0, 0.05) is 31.4 Å². The van der Waals surface area contributed by atoms with E-state index in [1.54, 1.807) is 35.3 Å². The Balaban J connectivity index is 1.42. The third kappa shape index (κ3) is 3.87. The molecule has 4 rings (SSSR count). The number of carbonyl (C=O) groups is 1. The molecule has 1 aliphatic heterocycles. The van der Waals surface area contributed by atoms with E-state index in [1.807, 2.05) is 0 Å². The molecule has 0 aliphatic carbocycles. The van der Waals surface area contributed by atoms with E-state index >= 15 is 0 Å². The van der Waals surface area contributed by atoms with Crippen molar-refractivity contribution in [1.82, 2.24) is 30.0 Å². The SMILES string of the molecule is CN1CCC(c2nn(CCNC(=O)Cc3ccccc3F)c3nccnc23)C1. The number of amides is 1. The van der Waals surface area contributed by atoms with Gasteiger partial charge in [-0.2, -0.15) is 5.10 Å². The second kappa shape index (κ2) is 8.02. The average Bonchev–Trinajstić information content (AvgIpc) is 3.28. The van der Waals surface area contributed by atoms with E-state index in [2.05, 4.69) is 27.2 Å². The van der Waals surface area contributed by atoms with Gasteiger partial charge < -0.3 is 10.2 Å². The fourth-order valence-electron chi connectivity index (χ4n) is 3.69. The summed E-state index contributed by atoms with van der Waals surface area (Å²) in [5, 5.41) is 7.59. The van der Waals surface area contributed by atoms with Crippen LogP contribution in [0.2, 0.25) is 0 Å². The number of fused-ring (bicyclic) bond motifs is 1. The summed E-state index contributed by atoms with van der Waals surface area (Å²) in [5.41, 5.74) is 2.93. The summed E-state index contributed by atoms with van der Waals surface area (Å²) in [6.07, 6.45) is 4.42. The van der Waals surface area contributed by atoms with Gasteiger partial charge >= 0.3 is 0 Å². The van der Waals surface area contributed by atoms with E-state index in [0.717, 1.165) is 36.4 Å². The van der Waals surface area contributed by atoms with Gasteiger partial charge in [0.15, 0.2) is 5.65 Å². The molecule has 1 fully saturated rings. The van der Waals surface area contributed by atoms with Crippen molar-refractivity contribution in [2.75, 3.05) is 26.7 Å². The third-order valence-corrected chi connectivity index (χ3v) is 5.13. The van der Waals surface area contributed by atoms with Crippen LogP contribution in [-0.2, 0) is 17.8 Å². The second-order valence-corrected chi connectivity index (χ2v) is 7.20. The van der Waals surface area contributed by atoms with Crippen molar-refractivity contribution >= 4 is 17.1 Å². The molecule has 1 aliphatic rings. The second-order valence-electron chi connectivity index (χ2n) is 7.20. The molecule has 1 amide bonds. The maximum Gasteiger partial charge on any atom is 0.224 e. The normalized spacial score (nSPS) is 17.3. The lowest BCUT2D eigenvalue weighted by atomic mass is 10.0. The number of aromatic nitrogens is 4. The van der Waals surface area contributed by atoms with Crippen molar-refractivity contribution in [3.05, 3.63) is 53.7 Å². The Morgan fingerprint density at radius 1 is 1.29 bits per heavy atom. The monoisotopic (exact) mass is 382 g/mol. The summed E-state index contributed by atoms with van der Waals surface area (Å²) in [6, 6.07) is 6.32. The highest BCUT2D eigenvalue weighted by Gasteiger charge is 2.27. The number of carbonyl (C=O) groups excluding carboxylic acids is 1. The van der Waals surface area contributed by atoms with Crippen LogP contribution in [-0.4, -0.2) is 57.2 Å². The minimum atomic E-state index is -0.364. The first-order valence-electron chi connectivity index (χ1n) is 9.48. The lowest BCUT2D eigenvalue weighted by molar-refractivity contribution is -0.120. The highest BCUT2D eigenvalue weighted by atomic mass is 19.1. The van der Waals surface area contributed by atoms with Gasteiger partial charge in [-0.25, -0.2) is 19.0 Å². The zero-order valence-corrected chi connectivity index (χ0v) is 15.8. The van der Waals surface area contributed by atoms with E-state index in [1.165, 1.54) is 6.07 Å². The molecule has 1 atom stereocenters. The number of halogens is 1. The third-order valence-electron chi connectivity index (χ3n) is 5.13. The quantitative estimate of drug-likeness (QED) is 0.703. The van der Waals surface area contributed by atoms with Gasteiger partial charge in [-0.3, -0.25) is 4.79 Å². The number of hydrogen-bond donors (Lipinski definition) is 1. The summed E-state index contributed by atoms with van der Waals surface area (Å²) in [6.45, 7) is 2.89. The fourth-order valence-corrected chi connectivity index (χ4v) is 3.69. The van der Waals surface area contributed by atoms with Crippen molar-refractivity contribution in [2.24, 2.45) is 0 Å². The summed E-state index contributed by atoms with van der Waals surface area (Å²) in [4.78, 5) is 23.3. The largest absolute Gasteiger partial charge is 0.354 e. The van der Waals surface area contributed by atoms with E-state index in [9.17, 15) is 9.18 Å². The van der Waals surface area contributed by atoms with Crippen LogP contribution in [0, 0.1) is 5.82 Å². The molecular weight excluding hydrogens is 359 g/mol. The van der Waals surface area contributed by atoms with Crippen LogP contribution < -0.4 is 5.32 Å². The molecule has 1 N–H and O–H groups in total. The van der Waals surface area contributed by atoms with E-state index in [0.29, 0.717) is 24.6 Å². The summed E-state index contributed by atoms with van der Waals surface area (Å²) < 4.78 is 15.5. The standard InChI is InChI=1S/C20H23FN6O/c1-26-10-6-15(13-26)18-19-20(24-8-7-23-19)27(25-18)11-9-22-17(28)12-14-4-2-3-5-16(14)21/h2-5,7-8,15H,6,9-13H2,1H3,(H,22,28). The molecule has 0 radical (unpaired) electrons. The van der Waals surface area contributed by atoms with Crippen molar-refractivity contribution in [2.45, 2.75) is 25.3 Å². The fraction of sp³-hybridized carbons (Fsp3) is 0.400. The highest BCUT2D eigenvalue weighted by Crippen LogP contribution is 2.29. The van der Waals surface area contributed by atoms with E-state index < -0.39 is 0 Å². The number of nitrogens with zero attached hydrogens (tertiary/aromatic N) is 5. The van der Waals surface area contributed by atoms with Crippen molar-refractivity contribution in [3.63, 3.8) is 0 Å². The van der Waals surface area contributed by atoms with Crippen LogP contribution in [0.15, 0.2) is 36.7 Å². The highest BCUT2D eigenvalue weighted by molar-refractivity contribution is 5.78. The van der Waals surface area contributed by atoms with Crippen molar-refractivity contribution in [3.8, 4) is 0 Å². The number of likely N-dealkylation sites (N-methyl/N-ethyl adjacent to an activating group) is 1. The first-order valence-corrected chi connectivity index (χ1v) is 9.48. The molecule has 3 heterocycles. The lowest BCUT2D eigenvalue weighted by Gasteiger charge is -2.08. The van der Waals surface area contributed by atoms with Gasteiger partial charge in [0.05, 0.1) is 18.7 Å². The number of likely N-dealkylation sites (tertiary alicyclic amines) is 1. The molecule has 7 nitrogen and oxygen atoms in total. The van der Waals surface area contributed by atoms with E-state index in [-0.39, 0.29) is 18.1 Å². The number of nitrogens with one attached hydrogen (secondary N) is 1. The first-order chi connectivity index (χ1) is 13.6. The van der Waals surface area contributed by atoms with Gasteiger partial charge in [0.1, 0.15) is 11.3 Å². The number of hydrogen-bond acceptors (Lipinski definition) is 5. The molecule has 0 bridgehead atoms. The Morgan fingerprint density at radius 3 is 2.89 bits per heavy atom. The number of rotatable bonds is 6. The van der Waals surface area contributed by atoms with Crippen LogP contribution in [0.25, 0.3) is 11.2 Å². The summed E-state index contributed by atoms with van der Waals surface area (Å²) in [5.74, 6) is -0.233. The van der Waals surface area contributed by atoms with Crippen molar-refractivity contribution in [1.29, 1.82) is 0 Å². The maximum absolute atomic E-state index is 13.7. The molecule has 146 valence electrons. The van der Waals surface area contributed by atoms with Crippen LogP contribution in [0.3, 0.4) is 0 Å². The predicted octanol–water partition coefficient (Wildman–Crippen LogP) is 1.74. The lowest BCUT2D eigenvalue weighted by Crippen LogP contribution is -2.29. The Morgan fingerprint density at radius 2 is 2.11 bits per heavy atom. The van der Waals surface area contributed by atoms with Crippen LogP contribution >= 0.6 is 0 Å². The average molecular weight is 382 g/mol. The molecule has 0 saturated carbocycles. The van der Waals surface area contributed by atoms with Gasteiger partial charge in [0.2, 0.25) is 5.91 Å². The van der Waals surface area contributed by atoms with Gasteiger partial charge in [-0.1, -0.05) is 18.2 Å². The zero-order valence-electron chi connectivity index (χ0n) is 15.8. The van der Waals surface area contributed by atoms with Crippen molar-refractivity contribution < 1.29 is 9.18 Å². The molecule has 3 aromatic rings. The molecule has 1 aromatic carbocycles. The first kappa shape index (κ1) is 18.5. The Kier molecular flexibility index (Phi) is 5.29. The summed E-state index contributed by atoms with van der Waals surface area (Å²) in [7, 11) is 2.11. The zero-order chi connectivity index (χ0) is 19.5.